The second-order valence-electron chi connectivity index (χ2n) is 6.12. The third-order valence-corrected chi connectivity index (χ3v) is 5.06. The second kappa shape index (κ2) is 4.27. The molecule has 4 rings (SSSR count). The molecule has 2 nitrogen and oxygen atoms in total. The van der Waals surface area contributed by atoms with Crippen molar-refractivity contribution in [2.75, 3.05) is 18.4 Å². The number of hydrogen-bond acceptors (Lipinski definition) is 2. The Morgan fingerprint density at radius 3 is 2.94 bits per heavy atom. The Bertz CT molecular complexity index is 454. The number of rotatable bonds is 2. The van der Waals surface area contributed by atoms with Crippen molar-refractivity contribution in [1.29, 1.82) is 0 Å². The van der Waals surface area contributed by atoms with Gasteiger partial charge in [-0.15, -0.1) is 0 Å². The summed E-state index contributed by atoms with van der Waals surface area (Å²) in [6, 6.07) is 8.53. The van der Waals surface area contributed by atoms with E-state index >= 15 is 0 Å². The van der Waals surface area contributed by atoms with Crippen molar-refractivity contribution < 1.29 is 0 Å². The van der Waals surface area contributed by atoms with Crippen LogP contribution < -0.4 is 5.32 Å². The van der Waals surface area contributed by atoms with Crippen molar-refractivity contribution in [3.63, 3.8) is 0 Å². The highest BCUT2D eigenvalue weighted by atomic mass is 15.2. The smallest absolute Gasteiger partial charge is 0.0429 e. The Morgan fingerprint density at radius 2 is 1.94 bits per heavy atom. The van der Waals surface area contributed by atoms with Crippen LogP contribution in [0.1, 0.15) is 36.8 Å². The largest absolute Gasteiger partial charge is 0.381 e. The number of nitrogens with zero attached hydrogens (tertiary/aromatic N) is 1. The zero-order valence-electron chi connectivity index (χ0n) is 11.0. The summed E-state index contributed by atoms with van der Waals surface area (Å²) in [6.45, 7) is 2.63. The average molecular weight is 242 g/mol. The fourth-order valence-electron chi connectivity index (χ4n) is 4.13. The van der Waals surface area contributed by atoms with Gasteiger partial charge in [-0.3, -0.25) is 4.90 Å². The van der Waals surface area contributed by atoms with Gasteiger partial charge in [-0.05, 0) is 68.3 Å². The van der Waals surface area contributed by atoms with Gasteiger partial charge in [-0.25, -0.2) is 0 Å². The molecule has 2 heterocycles. The fraction of sp³-hybridized carbons (Fsp3) is 0.625. The normalized spacial score (nSPS) is 30.4. The van der Waals surface area contributed by atoms with E-state index in [2.05, 4.69) is 28.4 Å². The summed E-state index contributed by atoms with van der Waals surface area (Å²) in [5, 5.41) is 3.80. The van der Waals surface area contributed by atoms with Gasteiger partial charge in [0.15, 0.2) is 0 Å². The number of aryl methyl sites for hydroxylation is 2. The topological polar surface area (TPSA) is 15.3 Å². The van der Waals surface area contributed by atoms with Crippen LogP contribution in [0, 0.1) is 0 Å². The minimum atomic E-state index is 0.687. The minimum Gasteiger partial charge on any atom is -0.381 e. The van der Waals surface area contributed by atoms with Gasteiger partial charge in [0.1, 0.15) is 0 Å². The van der Waals surface area contributed by atoms with E-state index in [0.717, 1.165) is 6.04 Å². The highest BCUT2D eigenvalue weighted by Crippen LogP contribution is 2.31. The molecule has 2 aliphatic heterocycles. The third-order valence-electron chi connectivity index (χ3n) is 5.06. The quantitative estimate of drug-likeness (QED) is 0.858. The first-order valence-corrected chi connectivity index (χ1v) is 7.52. The molecule has 1 aromatic carbocycles. The molecule has 1 aliphatic carbocycles. The van der Waals surface area contributed by atoms with Crippen LogP contribution in [0.4, 0.5) is 5.69 Å². The summed E-state index contributed by atoms with van der Waals surface area (Å²) >= 11 is 0. The van der Waals surface area contributed by atoms with Gasteiger partial charge in [0, 0.05) is 24.3 Å². The maximum atomic E-state index is 3.80. The Hall–Kier alpha value is -1.02. The summed E-state index contributed by atoms with van der Waals surface area (Å²) in [7, 11) is 0. The van der Waals surface area contributed by atoms with Gasteiger partial charge >= 0.3 is 0 Å². The van der Waals surface area contributed by atoms with Crippen molar-refractivity contribution in [1.82, 2.24) is 4.90 Å². The molecular weight excluding hydrogens is 220 g/mol. The fourth-order valence-corrected chi connectivity index (χ4v) is 4.13. The standard InChI is InChI=1S/C16H22N2/c1-3-12-6-7-14(11-13(12)4-1)17-15-8-10-18-9-2-5-16(15)18/h6-7,11,15-17H,1-5,8-10H2. The maximum absolute atomic E-state index is 3.80. The summed E-state index contributed by atoms with van der Waals surface area (Å²) in [5.41, 5.74) is 4.52. The van der Waals surface area contributed by atoms with Crippen LogP contribution in [0.15, 0.2) is 18.2 Å². The molecule has 0 aromatic heterocycles. The summed E-state index contributed by atoms with van der Waals surface area (Å²) < 4.78 is 0. The lowest BCUT2D eigenvalue weighted by molar-refractivity contribution is 0.318. The molecule has 0 spiro atoms. The average Bonchev–Trinajstić information content (AvgIpc) is 3.06. The Kier molecular flexibility index (Phi) is 2.58. The van der Waals surface area contributed by atoms with Crippen LogP contribution in [-0.2, 0) is 12.8 Å². The van der Waals surface area contributed by atoms with E-state index in [1.807, 2.05) is 0 Å². The molecule has 0 amide bonds. The zero-order chi connectivity index (χ0) is 11.9. The molecule has 1 N–H and O–H groups in total. The minimum absolute atomic E-state index is 0.687. The van der Waals surface area contributed by atoms with Crippen molar-refractivity contribution in [2.45, 2.75) is 50.6 Å². The monoisotopic (exact) mass is 242 g/mol. The first-order chi connectivity index (χ1) is 8.90. The van der Waals surface area contributed by atoms with Crippen LogP contribution in [0.25, 0.3) is 0 Å². The molecule has 3 aliphatic rings. The van der Waals surface area contributed by atoms with Crippen LogP contribution in [-0.4, -0.2) is 30.1 Å². The molecule has 0 bridgehead atoms. The highest BCUT2D eigenvalue weighted by Gasteiger charge is 2.36. The zero-order valence-corrected chi connectivity index (χ0v) is 11.0. The Balaban J connectivity index is 1.51. The van der Waals surface area contributed by atoms with Crippen LogP contribution >= 0.6 is 0 Å². The van der Waals surface area contributed by atoms with Crippen molar-refractivity contribution >= 4 is 5.69 Å². The van der Waals surface area contributed by atoms with Gasteiger partial charge in [0.25, 0.3) is 0 Å². The molecule has 2 saturated heterocycles. The maximum Gasteiger partial charge on any atom is 0.0429 e. The lowest BCUT2D eigenvalue weighted by Gasteiger charge is -2.22. The number of fused-ring (bicyclic) bond motifs is 2. The highest BCUT2D eigenvalue weighted by molar-refractivity contribution is 5.51. The SMILES string of the molecule is c1cc2c(cc1NC1CCN3CCCC13)CCC2. The van der Waals surface area contributed by atoms with Gasteiger partial charge in [0.2, 0.25) is 0 Å². The van der Waals surface area contributed by atoms with E-state index in [1.54, 1.807) is 11.1 Å². The van der Waals surface area contributed by atoms with E-state index in [0.29, 0.717) is 6.04 Å². The number of anilines is 1. The molecule has 96 valence electrons. The first kappa shape index (κ1) is 10.9. The molecular formula is C16H22N2. The summed E-state index contributed by atoms with van der Waals surface area (Å²) in [6.07, 6.45) is 8.02. The molecule has 2 fully saturated rings. The Labute approximate surface area is 109 Å². The van der Waals surface area contributed by atoms with E-state index in [1.165, 1.54) is 57.3 Å². The van der Waals surface area contributed by atoms with E-state index < -0.39 is 0 Å². The predicted molar refractivity (Wildman–Crippen MR) is 75.1 cm³/mol. The van der Waals surface area contributed by atoms with Crippen molar-refractivity contribution in [2.24, 2.45) is 0 Å². The molecule has 2 unspecified atom stereocenters. The third kappa shape index (κ3) is 1.74. The Morgan fingerprint density at radius 1 is 1.00 bits per heavy atom. The van der Waals surface area contributed by atoms with Crippen LogP contribution in [0.2, 0.25) is 0 Å². The number of hydrogen-bond donors (Lipinski definition) is 1. The van der Waals surface area contributed by atoms with E-state index in [-0.39, 0.29) is 0 Å². The van der Waals surface area contributed by atoms with Gasteiger partial charge in [0.05, 0.1) is 0 Å². The molecule has 18 heavy (non-hydrogen) atoms. The number of benzene rings is 1. The van der Waals surface area contributed by atoms with Crippen LogP contribution in [0.3, 0.4) is 0 Å². The molecule has 0 radical (unpaired) electrons. The van der Waals surface area contributed by atoms with Gasteiger partial charge in [-0.1, -0.05) is 6.07 Å². The van der Waals surface area contributed by atoms with Crippen molar-refractivity contribution in [3.8, 4) is 0 Å². The van der Waals surface area contributed by atoms with Crippen molar-refractivity contribution in [3.05, 3.63) is 29.3 Å². The van der Waals surface area contributed by atoms with E-state index in [4.69, 9.17) is 0 Å². The van der Waals surface area contributed by atoms with Gasteiger partial charge < -0.3 is 5.32 Å². The molecule has 2 heteroatoms. The molecule has 2 atom stereocenters. The van der Waals surface area contributed by atoms with E-state index in [9.17, 15) is 0 Å². The first-order valence-electron chi connectivity index (χ1n) is 7.52. The predicted octanol–water partition coefficient (Wildman–Crippen LogP) is 2.82. The van der Waals surface area contributed by atoms with Crippen LogP contribution in [0.5, 0.6) is 0 Å². The van der Waals surface area contributed by atoms with Gasteiger partial charge in [-0.2, -0.15) is 0 Å². The summed E-state index contributed by atoms with van der Waals surface area (Å²) in [5.74, 6) is 0. The molecule has 1 aromatic rings. The number of nitrogens with one attached hydrogen (secondary N) is 1. The second-order valence-corrected chi connectivity index (χ2v) is 6.12. The molecule has 0 saturated carbocycles. The lowest BCUT2D eigenvalue weighted by atomic mass is 10.0. The lowest BCUT2D eigenvalue weighted by Crippen LogP contribution is -2.33. The summed E-state index contributed by atoms with van der Waals surface area (Å²) in [4.78, 5) is 2.67.